The molecule has 4 rings (SSSR count). The summed E-state index contributed by atoms with van der Waals surface area (Å²) in [6, 6.07) is 14.6. The second-order valence-corrected chi connectivity index (χ2v) is 7.08. The SMILES string of the molecule is O=C(NCc1nn(Cc2cccnc2)c(=O)c2ccccc12)c1cccc(C(F)(F)F)c1. The third-order valence-electron chi connectivity index (χ3n) is 4.87. The van der Waals surface area contributed by atoms with Crippen LogP contribution in [0.4, 0.5) is 13.2 Å². The molecule has 2 aromatic carbocycles. The molecule has 0 saturated carbocycles. The van der Waals surface area contributed by atoms with Gasteiger partial charge in [0.25, 0.3) is 11.5 Å². The van der Waals surface area contributed by atoms with E-state index in [2.05, 4.69) is 15.4 Å². The zero-order chi connectivity index (χ0) is 22.7. The fourth-order valence-corrected chi connectivity index (χ4v) is 3.31. The number of nitrogens with one attached hydrogen (secondary N) is 1. The Labute approximate surface area is 180 Å². The van der Waals surface area contributed by atoms with E-state index in [1.807, 2.05) is 6.07 Å². The minimum absolute atomic E-state index is 0.0666. The Morgan fingerprint density at radius 1 is 1.00 bits per heavy atom. The van der Waals surface area contributed by atoms with Gasteiger partial charge in [0, 0.05) is 23.3 Å². The molecule has 4 aromatic rings. The maximum Gasteiger partial charge on any atom is 0.416 e. The van der Waals surface area contributed by atoms with Crippen LogP contribution < -0.4 is 10.9 Å². The predicted octanol–water partition coefficient (Wildman–Crippen LogP) is 3.79. The summed E-state index contributed by atoms with van der Waals surface area (Å²) in [5.74, 6) is -0.674. The second-order valence-electron chi connectivity index (χ2n) is 7.08. The molecule has 2 heterocycles. The van der Waals surface area contributed by atoms with Crippen molar-refractivity contribution in [2.75, 3.05) is 0 Å². The summed E-state index contributed by atoms with van der Waals surface area (Å²) in [5.41, 5.74) is -0.121. The van der Waals surface area contributed by atoms with Gasteiger partial charge < -0.3 is 5.32 Å². The van der Waals surface area contributed by atoms with Crippen molar-refractivity contribution in [3.63, 3.8) is 0 Å². The molecular formula is C23H17F3N4O2. The lowest BCUT2D eigenvalue weighted by Crippen LogP contribution is -2.29. The highest BCUT2D eigenvalue weighted by Crippen LogP contribution is 2.29. The van der Waals surface area contributed by atoms with E-state index in [1.54, 1.807) is 42.7 Å². The molecule has 0 radical (unpaired) electrons. The quantitative estimate of drug-likeness (QED) is 0.515. The van der Waals surface area contributed by atoms with Crippen molar-refractivity contribution in [3.8, 4) is 0 Å². The molecule has 9 heteroatoms. The highest BCUT2D eigenvalue weighted by Gasteiger charge is 2.30. The Morgan fingerprint density at radius 3 is 2.50 bits per heavy atom. The lowest BCUT2D eigenvalue weighted by atomic mass is 10.1. The molecule has 0 unspecified atom stereocenters. The van der Waals surface area contributed by atoms with Gasteiger partial charge in [0.05, 0.1) is 29.7 Å². The summed E-state index contributed by atoms with van der Waals surface area (Å²) in [6.45, 7) is 0.120. The topological polar surface area (TPSA) is 76.9 Å². The molecule has 1 N–H and O–H groups in total. The molecule has 0 spiro atoms. The van der Waals surface area contributed by atoms with E-state index >= 15 is 0 Å². The van der Waals surface area contributed by atoms with Crippen molar-refractivity contribution in [1.29, 1.82) is 0 Å². The van der Waals surface area contributed by atoms with Crippen LogP contribution in [0.25, 0.3) is 10.8 Å². The van der Waals surface area contributed by atoms with Gasteiger partial charge >= 0.3 is 6.18 Å². The van der Waals surface area contributed by atoms with E-state index in [1.165, 1.54) is 16.8 Å². The van der Waals surface area contributed by atoms with Gasteiger partial charge in [-0.05, 0) is 35.9 Å². The first kappa shape index (κ1) is 21.2. The number of hydrogen-bond acceptors (Lipinski definition) is 4. The summed E-state index contributed by atoms with van der Waals surface area (Å²) in [7, 11) is 0. The Morgan fingerprint density at radius 2 is 1.78 bits per heavy atom. The fraction of sp³-hybridized carbons (Fsp3) is 0.130. The largest absolute Gasteiger partial charge is 0.416 e. The average Bonchev–Trinajstić information content (AvgIpc) is 2.80. The van der Waals surface area contributed by atoms with E-state index in [4.69, 9.17) is 0 Å². The zero-order valence-electron chi connectivity index (χ0n) is 16.6. The third-order valence-corrected chi connectivity index (χ3v) is 4.87. The van der Waals surface area contributed by atoms with Crippen LogP contribution in [0, 0.1) is 0 Å². The van der Waals surface area contributed by atoms with Crippen LogP contribution in [-0.4, -0.2) is 20.7 Å². The van der Waals surface area contributed by atoms with Gasteiger partial charge in [0.1, 0.15) is 0 Å². The summed E-state index contributed by atoms with van der Waals surface area (Å²) in [5, 5.41) is 7.99. The normalized spacial score (nSPS) is 11.5. The van der Waals surface area contributed by atoms with Crippen LogP contribution in [0.15, 0.2) is 77.9 Å². The molecule has 0 saturated heterocycles. The van der Waals surface area contributed by atoms with Crippen molar-refractivity contribution in [1.82, 2.24) is 20.1 Å². The number of aromatic nitrogens is 3. The first-order valence-electron chi connectivity index (χ1n) is 9.66. The number of alkyl halides is 3. The van der Waals surface area contributed by atoms with Gasteiger partial charge in [-0.3, -0.25) is 14.6 Å². The fourth-order valence-electron chi connectivity index (χ4n) is 3.31. The van der Waals surface area contributed by atoms with Crippen LogP contribution in [0.5, 0.6) is 0 Å². The van der Waals surface area contributed by atoms with Gasteiger partial charge in [-0.25, -0.2) is 4.68 Å². The summed E-state index contributed by atoms with van der Waals surface area (Å²) < 4.78 is 40.1. The standard InChI is InChI=1S/C23H17F3N4O2/c24-23(25,26)17-7-3-6-16(11-17)21(31)28-13-20-18-8-1-2-9-19(18)22(32)30(29-20)14-15-5-4-10-27-12-15/h1-12H,13-14H2,(H,28,31). The Balaban J connectivity index is 1.63. The van der Waals surface area contributed by atoms with E-state index in [9.17, 15) is 22.8 Å². The first-order valence-corrected chi connectivity index (χ1v) is 9.66. The summed E-state index contributed by atoms with van der Waals surface area (Å²) >= 11 is 0. The molecule has 0 atom stereocenters. The summed E-state index contributed by atoms with van der Waals surface area (Å²) in [4.78, 5) is 29.4. The maximum absolute atomic E-state index is 12.9. The van der Waals surface area contributed by atoms with Gasteiger partial charge in [-0.1, -0.05) is 30.3 Å². The molecule has 32 heavy (non-hydrogen) atoms. The van der Waals surface area contributed by atoms with E-state index in [0.717, 1.165) is 17.7 Å². The van der Waals surface area contributed by atoms with Gasteiger partial charge in [0.15, 0.2) is 0 Å². The smallest absolute Gasteiger partial charge is 0.346 e. The molecule has 0 aliphatic rings. The minimum Gasteiger partial charge on any atom is -0.346 e. The van der Waals surface area contributed by atoms with Crippen LogP contribution in [0.1, 0.15) is 27.2 Å². The van der Waals surface area contributed by atoms with Crippen molar-refractivity contribution in [2.24, 2.45) is 0 Å². The number of halogens is 3. The number of amides is 1. The van der Waals surface area contributed by atoms with Crippen molar-refractivity contribution in [3.05, 3.63) is 106 Å². The van der Waals surface area contributed by atoms with Crippen molar-refractivity contribution in [2.45, 2.75) is 19.3 Å². The maximum atomic E-state index is 12.9. The molecule has 1 amide bonds. The van der Waals surface area contributed by atoms with Crippen LogP contribution in [0.2, 0.25) is 0 Å². The van der Waals surface area contributed by atoms with Gasteiger partial charge in [-0.15, -0.1) is 0 Å². The number of benzene rings is 2. The minimum atomic E-state index is -4.55. The van der Waals surface area contributed by atoms with Crippen LogP contribution in [0.3, 0.4) is 0 Å². The van der Waals surface area contributed by atoms with Crippen molar-refractivity contribution < 1.29 is 18.0 Å². The lowest BCUT2D eigenvalue weighted by molar-refractivity contribution is -0.137. The predicted molar refractivity (Wildman–Crippen MR) is 112 cm³/mol. The van der Waals surface area contributed by atoms with Gasteiger partial charge in [-0.2, -0.15) is 18.3 Å². The molecule has 162 valence electrons. The van der Waals surface area contributed by atoms with E-state index < -0.39 is 17.6 Å². The third kappa shape index (κ3) is 4.51. The number of pyridine rings is 1. The van der Waals surface area contributed by atoms with Crippen LogP contribution in [-0.2, 0) is 19.3 Å². The molecular weight excluding hydrogens is 421 g/mol. The number of fused-ring (bicyclic) bond motifs is 1. The number of carbonyl (C=O) groups excluding carboxylic acids is 1. The zero-order valence-corrected chi connectivity index (χ0v) is 16.6. The molecule has 6 nitrogen and oxygen atoms in total. The molecule has 0 fully saturated rings. The van der Waals surface area contributed by atoms with E-state index in [-0.39, 0.29) is 24.2 Å². The number of rotatable bonds is 5. The highest BCUT2D eigenvalue weighted by molar-refractivity contribution is 5.94. The lowest BCUT2D eigenvalue weighted by Gasteiger charge is -2.12. The Kier molecular flexibility index (Phi) is 5.72. The monoisotopic (exact) mass is 438 g/mol. The van der Waals surface area contributed by atoms with Crippen LogP contribution >= 0.6 is 0 Å². The highest BCUT2D eigenvalue weighted by atomic mass is 19.4. The molecule has 0 aliphatic heterocycles. The Bertz CT molecular complexity index is 1330. The number of carbonyl (C=O) groups is 1. The van der Waals surface area contributed by atoms with Gasteiger partial charge in [0.2, 0.25) is 0 Å². The molecule has 2 aromatic heterocycles. The molecule has 0 aliphatic carbocycles. The summed E-state index contributed by atoms with van der Waals surface area (Å²) in [6.07, 6.45) is -1.30. The van der Waals surface area contributed by atoms with E-state index in [0.29, 0.717) is 16.5 Å². The number of hydrogen-bond donors (Lipinski definition) is 1. The first-order chi connectivity index (χ1) is 15.3. The second kappa shape index (κ2) is 8.62. The average molecular weight is 438 g/mol. The van der Waals surface area contributed by atoms with Crippen molar-refractivity contribution >= 4 is 16.7 Å². The Hall–Kier alpha value is -4.01. The number of nitrogens with zero attached hydrogens (tertiary/aromatic N) is 3. The molecule has 0 bridgehead atoms.